The van der Waals surface area contributed by atoms with Crippen molar-refractivity contribution in [2.75, 3.05) is 11.8 Å². The Morgan fingerprint density at radius 3 is 2.41 bits per heavy atom. The summed E-state index contributed by atoms with van der Waals surface area (Å²) in [4.78, 5) is 55.6. The number of anilines is 1. The molecule has 0 saturated carbocycles. The minimum atomic E-state index is -1.11. The van der Waals surface area contributed by atoms with Gasteiger partial charge in [0.1, 0.15) is 5.75 Å². The van der Waals surface area contributed by atoms with Gasteiger partial charge in [-0.3, -0.25) is 14.4 Å². The smallest absolute Gasteiger partial charge is 0.335 e. The van der Waals surface area contributed by atoms with Crippen LogP contribution in [-0.4, -0.2) is 53.7 Å². The third-order valence-corrected chi connectivity index (χ3v) is 7.00. The molecule has 0 fully saturated rings. The van der Waals surface area contributed by atoms with E-state index in [4.69, 9.17) is 14.9 Å². The quantitative estimate of drug-likeness (QED) is 0.171. The van der Waals surface area contributed by atoms with Crippen LogP contribution in [0.15, 0.2) is 75.4 Å². The lowest BCUT2D eigenvalue weighted by molar-refractivity contribution is 0.0696. The zero-order valence-corrected chi connectivity index (χ0v) is 22.8. The average molecular weight is 595 g/mol. The van der Waals surface area contributed by atoms with Crippen molar-refractivity contribution in [1.29, 1.82) is 0 Å². The minimum absolute atomic E-state index is 0.0504. The topological polar surface area (TPSA) is 203 Å². The van der Waals surface area contributed by atoms with E-state index in [1.807, 2.05) is 0 Å². The monoisotopic (exact) mass is 594 g/mol. The highest BCUT2D eigenvalue weighted by Crippen LogP contribution is 2.25. The number of aromatic carboxylic acids is 1. The number of hydrogen-bond donors (Lipinski definition) is 5. The number of carbonyl (C=O) groups is 2. The lowest BCUT2D eigenvalue weighted by Gasteiger charge is -2.12. The SMILES string of the molecule is Cc1c2c([nH]c(=O)/c1=C\C=C\c1cc3c(=O)n(-c4ccc(OCO)cc4)nc-3[nH]c1O)=NN(c1ccc(C(=O)O)cc1)C2=O. The summed E-state index contributed by atoms with van der Waals surface area (Å²) in [5, 5.41) is 38.3. The van der Waals surface area contributed by atoms with Gasteiger partial charge >= 0.3 is 5.97 Å². The molecule has 5 N–H and O–H groups in total. The van der Waals surface area contributed by atoms with E-state index < -0.39 is 29.8 Å². The summed E-state index contributed by atoms with van der Waals surface area (Å²) in [6.45, 7) is 1.12. The molecule has 4 heterocycles. The van der Waals surface area contributed by atoms with Crippen LogP contribution in [0.3, 0.4) is 0 Å². The highest BCUT2D eigenvalue weighted by molar-refractivity contribution is 6.08. The molecule has 3 aliphatic heterocycles. The summed E-state index contributed by atoms with van der Waals surface area (Å²) in [7, 11) is 0. The Hall–Kier alpha value is -6.28. The number of H-pyrrole nitrogens is 2. The van der Waals surface area contributed by atoms with Gasteiger partial charge in [0.25, 0.3) is 17.0 Å². The molecule has 0 unspecified atom stereocenters. The zero-order valence-electron chi connectivity index (χ0n) is 22.8. The van der Waals surface area contributed by atoms with Crippen LogP contribution in [0.2, 0.25) is 0 Å². The standard InChI is InChI=1S/C30H22N6O8/c1-15-21(27(39)32-25-23(15)29(41)36(34-25)18-7-5-16(6-8-18)30(42)43)4-2-3-17-13-22-24(31-26(17)38)33-35(28(22)40)19-9-11-20(12-10-19)44-14-37/h2-13,37H,14H2,1H3,(H,42,43)(H2,31,33,38)(H,32,34,39)/b3-2+,21-4-. The molecule has 3 aliphatic rings. The number of benzene rings is 2. The fraction of sp³-hybridized carbons (Fsp3) is 0.0667. The Bertz CT molecular complexity index is 2190. The van der Waals surface area contributed by atoms with Crippen molar-refractivity contribution in [2.45, 2.75) is 6.92 Å². The molecule has 3 aromatic rings. The van der Waals surface area contributed by atoms with E-state index >= 15 is 0 Å². The first-order valence-corrected chi connectivity index (χ1v) is 13.0. The van der Waals surface area contributed by atoms with Crippen LogP contribution in [0.4, 0.5) is 5.69 Å². The lowest BCUT2D eigenvalue weighted by atomic mass is 10.1. The number of carboxylic acids is 1. The minimum Gasteiger partial charge on any atom is -0.494 e. The molecule has 44 heavy (non-hydrogen) atoms. The van der Waals surface area contributed by atoms with Gasteiger partial charge in [-0.2, -0.15) is 9.69 Å². The van der Waals surface area contributed by atoms with Gasteiger partial charge in [-0.15, -0.1) is 10.2 Å². The van der Waals surface area contributed by atoms with Crippen molar-refractivity contribution in [3.8, 4) is 28.7 Å². The first-order valence-electron chi connectivity index (χ1n) is 13.0. The third kappa shape index (κ3) is 4.80. The highest BCUT2D eigenvalue weighted by Gasteiger charge is 2.28. The maximum Gasteiger partial charge on any atom is 0.335 e. The summed E-state index contributed by atoms with van der Waals surface area (Å²) < 4.78 is 6.15. The Morgan fingerprint density at radius 2 is 1.73 bits per heavy atom. The molecule has 1 amide bonds. The number of amides is 1. The van der Waals surface area contributed by atoms with E-state index in [1.165, 1.54) is 48.6 Å². The predicted molar refractivity (Wildman–Crippen MR) is 156 cm³/mol. The largest absolute Gasteiger partial charge is 0.494 e. The molecule has 0 radical (unpaired) electrons. The normalized spacial score (nSPS) is 13.1. The Morgan fingerprint density at radius 1 is 1.02 bits per heavy atom. The van der Waals surface area contributed by atoms with Crippen LogP contribution >= 0.6 is 0 Å². The van der Waals surface area contributed by atoms with Gasteiger partial charge in [0.15, 0.2) is 24.0 Å². The van der Waals surface area contributed by atoms with E-state index in [1.54, 1.807) is 31.2 Å². The fourth-order valence-corrected chi connectivity index (χ4v) is 4.78. The number of pyridine rings is 2. The number of allylic oxidation sites excluding steroid dienone is 1. The van der Waals surface area contributed by atoms with Crippen LogP contribution in [0.1, 0.15) is 31.8 Å². The number of hydrogen-bond acceptors (Lipinski definition) is 9. The summed E-state index contributed by atoms with van der Waals surface area (Å²) in [5.74, 6) is -1.31. The lowest BCUT2D eigenvalue weighted by Crippen LogP contribution is -2.38. The molecule has 0 spiro atoms. The maximum absolute atomic E-state index is 13.2. The molecule has 6 rings (SSSR count). The van der Waals surface area contributed by atoms with E-state index in [-0.39, 0.29) is 44.7 Å². The molecule has 220 valence electrons. The van der Waals surface area contributed by atoms with Crippen molar-refractivity contribution in [3.63, 3.8) is 0 Å². The van der Waals surface area contributed by atoms with E-state index in [2.05, 4.69) is 20.2 Å². The molecule has 14 heteroatoms. The number of ether oxygens (including phenoxy) is 1. The first kappa shape index (κ1) is 27.9. The zero-order chi connectivity index (χ0) is 31.1. The number of nitrogens with one attached hydrogen (secondary N) is 2. The predicted octanol–water partition coefficient (Wildman–Crippen LogP) is 1.08. The van der Waals surface area contributed by atoms with Gasteiger partial charge < -0.3 is 30.0 Å². The number of carboxylic acid groups (broad SMARTS) is 1. The van der Waals surface area contributed by atoms with Crippen LogP contribution in [0.5, 0.6) is 11.6 Å². The summed E-state index contributed by atoms with van der Waals surface area (Å²) in [6.07, 6.45) is 4.44. The second-order valence-electron chi connectivity index (χ2n) is 9.63. The number of aromatic hydroxyl groups is 1. The number of carbonyl (C=O) groups excluding carboxylic acids is 1. The Labute approximate surface area is 246 Å². The van der Waals surface area contributed by atoms with E-state index in [9.17, 15) is 24.3 Å². The van der Waals surface area contributed by atoms with Crippen molar-refractivity contribution in [1.82, 2.24) is 19.7 Å². The molecule has 1 aromatic heterocycles. The molecule has 0 saturated heterocycles. The molecular formula is C30H22N6O8. The van der Waals surface area contributed by atoms with Crippen LogP contribution in [0.25, 0.3) is 29.2 Å². The summed E-state index contributed by atoms with van der Waals surface area (Å²) >= 11 is 0. The van der Waals surface area contributed by atoms with Gasteiger partial charge in [-0.1, -0.05) is 6.08 Å². The van der Waals surface area contributed by atoms with Crippen LogP contribution < -0.4 is 31.6 Å². The van der Waals surface area contributed by atoms with Gasteiger partial charge in [0, 0.05) is 10.8 Å². The van der Waals surface area contributed by atoms with Crippen LogP contribution in [0, 0.1) is 6.92 Å². The number of aliphatic hydroxyl groups is 1. The molecule has 0 bridgehead atoms. The van der Waals surface area contributed by atoms with Crippen molar-refractivity contribution in [3.05, 3.63) is 114 Å². The molecule has 0 atom stereocenters. The van der Waals surface area contributed by atoms with E-state index in [0.29, 0.717) is 22.7 Å². The molecule has 2 aromatic carbocycles. The van der Waals surface area contributed by atoms with Gasteiger partial charge in [-0.05, 0) is 79.2 Å². The van der Waals surface area contributed by atoms with Gasteiger partial charge in [0.2, 0.25) is 0 Å². The summed E-state index contributed by atoms with van der Waals surface area (Å²) in [6, 6.07) is 13.4. The van der Waals surface area contributed by atoms with E-state index in [0.717, 1.165) is 9.69 Å². The number of aromatic amines is 2. The van der Waals surface area contributed by atoms with Crippen molar-refractivity contribution < 1.29 is 29.6 Å². The van der Waals surface area contributed by atoms with Crippen molar-refractivity contribution >= 4 is 29.7 Å². The average Bonchev–Trinajstić information content (AvgIpc) is 3.50. The summed E-state index contributed by atoms with van der Waals surface area (Å²) in [5.41, 5.74) is 0.957. The second-order valence-corrected chi connectivity index (χ2v) is 9.63. The van der Waals surface area contributed by atoms with Gasteiger partial charge in [-0.25, -0.2) is 4.79 Å². The molecule has 0 aliphatic carbocycles. The number of fused-ring (bicyclic) bond motifs is 2. The second kappa shape index (κ2) is 10.8. The number of aliphatic hydroxyl groups excluding tert-OH is 1. The molecule has 14 nitrogen and oxygen atoms in total. The van der Waals surface area contributed by atoms with Crippen LogP contribution in [-0.2, 0) is 0 Å². The number of rotatable bonds is 7. The highest BCUT2D eigenvalue weighted by atomic mass is 16.6. The maximum atomic E-state index is 13.2. The number of aromatic nitrogens is 4. The molecular weight excluding hydrogens is 572 g/mol. The fourth-order valence-electron chi connectivity index (χ4n) is 4.78. The Balaban J connectivity index is 1.31. The Kier molecular flexibility index (Phi) is 6.87. The third-order valence-electron chi connectivity index (χ3n) is 7.00. The van der Waals surface area contributed by atoms with Gasteiger partial charge in [0.05, 0.1) is 28.1 Å². The number of nitrogens with zero attached hydrogens (tertiary/aromatic N) is 4. The van der Waals surface area contributed by atoms with Crippen molar-refractivity contribution in [2.24, 2.45) is 5.10 Å². The first-order chi connectivity index (χ1) is 21.2.